The van der Waals surface area contributed by atoms with E-state index in [1.54, 1.807) is 11.8 Å². The zero-order valence-electron chi connectivity index (χ0n) is 6.82. The van der Waals surface area contributed by atoms with Crippen LogP contribution in [0, 0.1) is 0 Å². The highest BCUT2D eigenvalue weighted by molar-refractivity contribution is 7.99. The fourth-order valence-electron chi connectivity index (χ4n) is 1.19. The van der Waals surface area contributed by atoms with Gasteiger partial charge in [-0.15, -0.1) is 0 Å². The molecular weight excluding hydrogens is 178 g/mol. The van der Waals surface area contributed by atoms with Crippen LogP contribution in [0.4, 0.5) is 0 Å². The van der Waals surface area contributed by atoms with Crippen molar-refractivity contribution in [2.45, 2.75) is 13.0 Å². The van der Waals surface area contributed by atoms with Crippen LogP contribution in [0.1, 0.15) is 6.92 Å². The summed E-state index contributed by atoms with van der Waals surface area (Å²) in [6.45, 7) is 1.96. The zero-order valence-corrected chi connectivity index (χ0v) is 7.63. The van der Waals surface area contributed by atoms with E-state index in [4.69, 9.17) is 5.11 Å². The van der Waals surface area contributed by atoms with Crippen LogP contribution in [0.25, 0.3) is 0 Å². The molecule has 0 bridgehead atoms. The second kappa shape index (κ2) is 3.80. The summed E-state index contributed by atoms with van der Waals surface area (Å²) in [4.78, 5) is 23.0. The van der Waals surface area contributed by atoms with Crippen molar-refractivity contribution in [1.82, 2.24) is 4.90 Å². The number of aliphatic carboxylic acids is 1. The lowest BCUT2D eigenvalue weighted by molar-refractivity contribution is -0.148. The molecule has 4 nitrogen and oxygen atoms in total. The van der Waals surface area contributed by atoms with Crippen LogP contribution in [0.3, 0.4) is 0 Å². The first kappa shape index (κ1) is 9.38. The molecule has 1 amide bonds. The normalized spacial score (nSPS) is 23.8. The molecule has 68 valence electrons. The molecule has 1 aliphatic rings. The lowest BCUT2D eigenvalue weighted by Crippen LogP contribution is -2.49. The molecule has 1 N–H and O–H groups in total. The van der Waals surface area contributed by atoms with E-state index in [0.29, 0.717) is 12.3 Å². The molecule has 1 atom stereocenters. The van der Waals surface area contributed by atoms with Gasteiger partial charge < -0.3 is 10.0 Å². The highest BCUT2D eigenvalue weighted by atomic mass is 32.2. The summed E-state index contributed by atoms with van der Waals surface area (Å²) in [7, 11) is 0. The average Bonchev–Trinajstić information content (AvgIpc) is 2.04. The predicted molar refractivity (Wildman–Crippen MR) is 46.1 cm³/mol. The van der Waals surface area contributed by atoms with Crippen molar-refractivity contribution in [3.63, 3.8) is 0 Å². The quantitative estimate of drug-likeness (QED) is 0.632. The minimum Gasteiger partial charge on any atom is -0.480 e. The monoisotopic (exact) mass is 189 g/mol. The van der Waals surface area contributed by atoms with E-state index in [-0.39, 0.29) is 5.91 Å². The summed E-state index contributed by atoms with van der Waals surface area (Å²) >= 11 is 1.58. The third-order valence-corrected chi connectivity index (χ3v) is 2.84. The van der Waals surface area contributed by atoms with Crippen LogP contribution in [0.15, 0.2) is 0 Å². The van der Waals surface area contributed by atoms with Crippen molar-refractivity contribution in [1.29, 1.82) is 0 Å². The number of amides is 1. The Balaban J connectivity index is 2.67. The van der Waals surface area contributed by atoms with Crippen molar-refractivity contribution in [3.05, 3.63) is 0 Å². The molecule has 0 spiro atoms. The third-order valence-electron chi connectivity index (χ3n) is 1.82. The molecule has 0 radical (unpaired) electrons. The Morgan fingerprint density at radius 2 is 2.25 bits per heavy atom. The van der Waals surface area contributed by atoms with Gasteiger partial charge in [0.05, 0.1) is 0 Å². The van der Waals surface area contributed by atoms with Gasteiger partial charge in [-0.2, -0.15) is 11.8 Å². The maximum absolute atomic E-state index is 11.0. The highest BCUT2D eigenvalue weighted by Gasteiger charge is 2.30. The van der Waals surface area contributed by atoms with Gasteiger partial charge in [0, 0.05) is 25.0 Å². The van der Waals surface area contributed by atoms with Crippen molar-refractivity contribution in [3.8, 4) is 0 Å². The SMILES string of the molecule is CC(=O)N1CCSCC1C(=O)O. The maximum Gasteiger partial charge on any atom is 0.327 e. The molecule has 1 aliphatic heterocycles. The van der Waals surface area contributed by atoms with E-state index in [0.717, 1.165) is 5.75 Å². The molecule has 5 heteroatoms. The lowest BCUT2D eigenvalue weighted by atomic mass is 10.3. The van der Waals surface area contributed by atoms with Crippen LogP contribution in [0.2, 0.25) is 0 Å². The largest absolute Gasteiger partial charge is 0.480 e. The minimum atomic E-state index is -0.905. The molecule has 1 unspecified atom stereocenters. The van der Waals surface area contributed by atoms with E-state index in [1.807, 2.05) is 0 Å². The molecule has 1 fully saturated rings. The van der Waals surface area contributed by atoms with Crippen LogP contribution in [0.5, 0.6) is 0 Å². The minimum absolute atomic E-state index is 0.150. The first-order valence-corrected chi connectivity index (χ1v) is 4.86. The van der Waals surface area contributed by atoms with Gasteiger partial charge in [0.2, 0.25) is 5.91 Å². The molecular formula is C7H11NO3S. The number of carboxylic acids is 1. The molecule has 0 aromatic rings. The van der Waals surface area contributed by atoms with Gasteiger partial charge in [0.1, 0.15) is 6.04 Å². The van der Waals surface area contributed by atoms with Crippen LogP contribution in [-0.2, 0) is 9.59 Å². The summed E-state index contributed by atoms with van der Waals surface area (Å²) < 4.78 is 0. The first-order valence-electron chi connectivity index (χ1n) is 3.70. The average molecular weight is 189 g/mol. The number of nitrogens with zero attached hydrogens (tertiary/aromatic N) is 1. The zero-order chi connectivity index (χ0) is 9.14. The highest BCUT2D eigenvalue weighted by Crippen LogP contribution is 2.16. The molecule has 0 saturated carbocycles. The van der Waals surface area contributed by atoms with Gasteiger partial charge in [-0.3, -0.25) is 4.79 Å². The van der Waals surface area contributed by atoms with E-state index < -0.39 is 12.0 Å². The van der Waals surface area contributed by atoms with Crippen molar-refractivity contribution in [2.75, 3.05) is 18.1 Å². The summed E-state index contributed by atoms with van der Waals surface area (Å²) in [5.41, 5.74) is 0. The van der Waals surface area contributed by atoms with Gasteiger partial charge in [0.25, 0.3) is 0 Å². The second-order valence-corrected chi connectivity index (χ2v) is 3.79. The Morgan fingerprint density at radius 1 is 1.58 bits per heavy atom. The number of rotatable bonds is 1. The third kappa shape index (κ3) is 1.91. The van der Waals surface area contributed by atoms with Gasteiger partial charge >= 0.3 is 5.97 Å². The molecule has 12 heavy (non-hydrogen) atoms. The smallest absolute Gasteiger partial charge is 0.327 e. The number of carbonyl (C=O) groups excluding carboxylic acids is 1. The molecule has 1 saturated heterocycles. The van der Waals surface area contributed by atoms with Gasteiger partial charge in [-0.05, 0) is 0 Å². The Labute approximate surface area is 74.9 Å². The Kier molecular flexibility index (Phi) is 2.97. The Morgan fingerprint density at radius 3 is 2.67 bits per heavy atom. The van der Waals surface area contributed by atoms with Crippen molar-refractivity contribution in [2.24, 2.45) is 0 Å². The van der Waals surface area contributed by atoms with Gasteiger partial charge in [0.15, 0.2) is 0 Å². The fourth-order valence-corrected chi connectivity index (χ4v) is 2.22. The summed E-state index contributed by atoms with van der Waals surface area (Å²) in [6.07, 6.45) is 0. The van der Waals surface area contributed by atoms with Gasteiger partial charge in [-0.1, -0.05) is 0 Å². The molecule has 0 aromatic heterocycles. The second-order valence-electron chi connectivity index (χ2n) is 2.64. The molecule has 0 aromatic carbocycles. The molecule has 1 heterocycles. The predicted octanol–water partition coefficient (Wildman–Crippen LogP) is 0.0349. The van der Waals surface area contributed by atoms with E-state index in [1.165, 1.54) is 11.8 Å². The van der Waals surface area contributed by atoms with E-state index in [9.17, 15) is 9.59 Å². The van der Waals surface area contributed by atoms with Crippen LogP contribution in [-0.4, -0.2) is 46.0 Å². The number of hydrogen-bond donors (Lipinski definition) is 1. The summed E-state index contributed by atoms with van der Waals surface area (Å²) in [5.74, 6) is 0.290. The van der Waals surface area contributed by atoms with Crippen LogP contribution >= 0.6 is 11.8 Å². The maximum atomic E-state index is 11.0. The number of carbonyl (C=O) groups is 2. The molecule has 0 aliphatic carbocycles. The van der Waals surface area contributed by atoms with E-state index in [2.05, 4.69) is 0 Å². The van der Waals surface area contributed by atoms with Gasteiger partial charge in [-0.25, -0.2) is 4.79 Å². The number of thioether (sulfide) groups is 1. The van der Waals surface area contributed by atoms with Crippen molar-refractivity contribution < 1.29 is 14.7 Å². The van der Waals surface area contributed by atoms with Crippen LogP contribution < -0.4 is 0 Å². The summed E-state index contributed by atoms with van der Waals surface area (Å²) in [5, 5.41) is 8.75. The van der Waals surface area contributed by atoms with Crippen molar-refractivity contribution >= 4 is 23.6 Å². The first-order chi connectivity index (χ1) is 5.63. The molecule has 1 rings (SSSR count). The summed E-state index contributed by atoms with van der Waals surface area (Å²) in [6, 6.07) is -0.624. The number of carboxylic acid groups (broad SMARTS) is 1. The van der Waals surface area contributed by atoms with E-state index >= 15 is 0 Å². The Hall–Kier alpha value is -0.710. The fraction of sp³-hybridized carbons (Fsp3) is 0.714. The Bertz CT molecular complexity index is 185. The number of hydrogen-bond acceptors (Lipinski definition) is 3. The standard InChI is InChI=1S/C7H11NO3S/c1-5(9)8-2-3-12-4-6(8)7(10)11/h6H,2-4H2,1H3,(H,10,11). The lowest BCUT2D eigenvalue weighted by Gasteiger charge is -2.31. The topological polar surface area (TPSA) is 57.6 Å².